The number of carbonyl (C=O) groups is 1. The van der Waals surface area contributed by atoms with Gasteiger partial charge in [-0.2, -0.15) is 5.26 Å². The van der Waals surface area contributed by atoms with Crippen LogP contribution in [0.1, 0.15) is 31.2 Å². The molecule has 1 amide bonds. The molecular formula is C18H23N3O3. The molecule has 3 rings (SSSR count). The van der Waals surface area contributed by atoms with E-state index in [1.807, 2.05) is 6.07 Å². The van der Waals surface area contributed by atoms with E-state index in [1.54, 1.807) is 18.2 Å². The van der Waals surface area contributed by atoms with Crippen molar-refractivity contribution in [1.82, 2.24) is 9.80 Å². The molecule has 1 aliphatic heterocycles. The number of phenols is 1. The summed E-state index contributed by atoms with van der Waals surface area (Å²) in [5, 5.41) is 28.5. The maximum atomic E-state index is 11.0. The Kier molecular flexibility index (Phi) is 4.63. The van der Waals surface area contributed by atoms with Gasteiger partial charge in [0.25, 0.3) is 0 Å². The molecule has 2 aliphatic rings. The van der Waals surface area contributed by atoms with Crippen molar-refractivity contribution < 1.29 is 15.0 Å². The van der Waals surface area contributed by atoms with Gasteiger partial charge in [0.2, 0.25) is 0 Å². The molecule has 1 heterocycles. The summed E-state index contributed by atoms with van der Waals surface area (Å²) in [6, 6.07) is 9.96. The van der Waals surface area contributed by atoms with E-state index >= 15 is 0 Å². The lowest BCUT2D eigenvalue weighted by atomic mass is 9.69. The van der Waals surface area contributed by atoms with E-state index in [-0.39, 0.29) is 5.75 Å². The van der Waals surface area contributed by atoms with Crippen LogP contribution in [0.5, 0.6) is 5.75 Å². The number of nitriles is 1. The van der Waals surface area contributed by atoms with Crippen LogP contribution in [-0.2, 0) is 5.41 Å². The molecule has 0 bridgehead atoms. The van der Waals surface area contributed by atoms with E-state index < -0.39 is 11.5 Å². The second kappa shape index (κ2) is 6.70. The number of phenolic OH excluding ortho intramolecular Hbond substituents is 1. The van der Waals surface area contributed by atoms with Crippen LogP contribution in [0.4, 0.5) is 4.79 Å². The van der Waals surface area contributed by atoms with Crippen molar-refractivity contribution >= 4 is 6.09 Å². The first-order chi connectivity index (χ1) is 11.5. The number of benzene rings is 1. The second-order valence-corrected chi connectivity index (χ2v) is 6.78. The molecule has 6 nitrogen and oxygen atoms in total. The topological polar surface area (TPSA) is 87.8 Å². The number of piperazine rings is 1. The van der Waals surface area contributed by atoms with Crippen LogP contribution in [0, 0.1) is 11.3 Å². The first-order valence-corrected chi connectivity index (χ1v) is 8.47. The Balaban J connectivity index is 1.63. The predicted molar refractivity (Wildman–Crippen MR) is 88.8 cm³/mol. The SMILES string of the molecule is N#CC1(c2cccc(O)c2)CCC(N2CCN(C(=O)O)CC2)CC1. The minimum atomic E-state index is -0.842. The Morgan fingerprint density at radius 1 is 1.21 bits per heavy atom. The van der Waals surface area contributed by atoms with Gasteiger partial charge in [-0.1, -0.05) is 12.1 Å². The number of hydrogen-bond acceptors (Lipinski definition) is 4. The zero-order valence-electron chi connectivity index (χ0n) is 13.7. The summed E-state index contributed by atoms with van der Waals surface area (Å²) in [4.78, 5) is 14.8. The van der Waals surface area contributed by atoms with Gasteiger partial charge in [-0.05, 0) is 43.4 Å². The fourth-order valence-electron chi connectivity index (χ4n) is 4.01. The highest BCUT2D eigenvalue weighted by molar-refractivity contribution is 5.65. The van der Waals surface area contributed by atoms with Crippen molar-refractivity contribution in [2.75, 3.05) is 26.2 Å². The third-order valence-corrected chi connectivity index (χ3v) is 5.52. The molecule has 0 unspecified atom stereocenters. The maximum Gasteiger partial charge on any atom is 0.407 e. The minimum Gasteiger partial charge on any atom is -0.508 e. The van der Waals surface area contributed by atoms with Crippen LogP contribution in [0.15, 0.2) is 24.3 Å². The maximum absolute atomic E-state index is 11.0. The number of rotatable bonds is 2. The first-order valence-electron chi connectivity index (χ1n) is 8.47. The summed E-state index contributed by atoms with van der Waals surface area (Å²) in [6.45, 7) is 2.65. The average molecular weight is 329 g/mol. The van der Waals surface area contributed by atoms with Crippen molar-refractivity contribution in [3.05, 3.63) is 29.8 Å². The third kappa shape index (κ3) is 3.17. The molecule has 1 saturated heterocycles. The summed E-state index contributed by atoms with van der Waals surface area (Å²) in [5.74, 6) is 0.203. The molecule has 6 heteroatoms. The van der Waals surface area contributed by atoms with E-state index in [1.165, 1.54) is 4.90 Å². The molecule has 1 saturated carbocycles. The normalized spacial score (nSPS) is 28.3. The Bertz CT molecular complexity index is 639. The van der Waals surface area contributed by atoms with Gasteiger partial charge in [0.1, 0.15) is 5.75 Å². The highest BCUT2D eigenvalue weighted by Gasteiger charge is 2.39. The Hall–Kier alpha value is -2.26. The minimum absolute atomic E-state index is 0.203. The number of carboxylic acid groups (broad SMARTS) is 1. The Labute approximate surface area is 141 Å². The van der Waals surface area contributed by atoms with E-state index in [4.69, 9.17) is 5.11 Å². The smallest absolute Gasteiger partial charge is 0.407 e. The van der Waals surface area contributed by atoms with E-state index in [0.29, 0.717) is 19.1 Å². The Morgan fingerprint density at radius 2 is 1.88 bits per heavy atom. The van der Waals surface area contributed by atoms with E-state index in [0.717, 1.165) is 44.3 Å². The molecule has 0 radical (unpaired) electrons. The van der Waals surface area contributed by atoms with Gasteiger partial charge in [0.05, 0.1) is 11.5 Å². The first kappa shape index (κ1) is 16.6. The second-order valence-electron chi connectivity index (χ2n) is 6.78. The van der Waals surface area contributed by atoms with E-state index in [9.17, 15) is 15.2 Å². The van der Waals surface area contributed by atoms with Crippen LogP contribution in [0.2, 0.25) is 0 Å². The van der Waals surface area contributed by atoms with E-state index in [2.05, 4.69) is 11.0 Å². The highest BCUT2D eigenvalue weighted by Crippen LogP contribution is 2.41. The van der Waals surface area contributed by atoms with Gasteiger partial charge in [-0.25, -0.2) is 4.79 Å². The number of aromatic hydroxyl groups is 1. The van der Waals surface area contributed by atoms with Crippen LogP contribution in [-0.4, -0.2) is 58.3 Å². The Morgan fingerprint density at radius 3 is 2.42 bits per heavy atom. The van der Waals surface area contributed by atoms with Crippen LogP contribution in [0.25, 0.3) is 0 Å². The van der Waals surface area contributed by atoms with Crippen molar-refractivity contribution in [3.8, 4) is 11.8 Å². The van der Waals surface area contributed by atoms with Gasteiger partial charge in [0, 0.05) is 32.2 Å². The molecule has 1 aromatic rings. The number of amides is 1. The summed E-state index contributed by atoms with van der Waals surface area (Å²) in [6.07, 6.45) is 2.56. The molecule has 1 aliphatic carbocycles. The van der Waals surface area contributed by atoms with Crippen LogP contribution < -0.4 is 0 Å². The fraction of sp³-hybridized carbons (Fsp3) is 0.556. The molecular weight excluding hydrogens is 306 g/mol. The molecule has 24 heavy (non-hydrogen) atoms. The zero-order valence-corrected chi connectivity index (χ0v) is 13.7. The van der Waals surface area contributed by atoms with Crippen LogP contribution in [0.3, 0.4) is 0 Å². The molecule has 0 spiro atoms. The van der Waals surface area contributed by atoms with Crippen molar-refractivity contribution in [1.29, 1.82) is 5.26 Å². The quantitative estimate of drug-likeness (QED) is 0.870. The standard InChI is InChI=1S/C18H23N3O3/c19-13-18(14-2-1-3-16(22)12-14)6-4-15(5-7-18)20-8-10-21(11-9-20)17(23)24/h1-3,12,15,22H,4-11H2,(H,23,24). The van der Waals surface area contributed by atoms with Crippen molar-refractivity contribution in [3.63, 3.8) is 0 Å². The fourth-order valence-corrected chi connectivity index (χ4v) is 4.01. The van der Waals surface area contributed by atoms with Gasteiger partial charge >= 0.3 is 6.09 Å². The van der Waals surface area contributed by atoms with Crippen molar-refractivity contribution in [2.24, 2.45) is 0 Å². The van der Waals surface area contributed by atoms with Crippen LogP contribution >= 0.6 is 0 Å². The number of nitrogens with zero attached hydrogens (tertiary/aromatic N) is 3. The largest absolute Gasteiger partial charge is 0.508 e. The lowest BCUT2D eigenvalue weighted by molar-refractivity contribution is 0.0672. The number of hydrogen-bond donors (Lipinski definition) is 2. The lowest BCUT2D eigenvalue weighted by Gasteiger charge is -2.43. The monoisotopic (exact) mass is 329 g/mol. The predicted octanol–water partition coefficient (Wildman–Crippen LogP) is 2.39. The molecule has 0 atom stereocenters. The molecule has 0 aromatic heterocycles. The lowest BCUT2D eigenvalue weighted by Crippen LogP contribution is -2.53. The van der Waals surface area contributed by atoms with Gasteiger partial charge in [-0.15, -0.1) is 0 Å². The summed E-state index contributed by atoms with van der Waals surface area (Å²) >= 11 is 0. The van der Waals surface area contributed by atoms with Gasteiger partial charge in [-0.3, -0.25) is 4.90 Å². The highest BCUT2D eigenvalue weighted by atomic mass is 16.4. The van der Waals surface area contributed by atoms with Gasteiger partial charge in [0.15, 0.2) is 0 Å². The summed E-state index contributed by atoms with van der Waals surface area (Å²) in [5.41, 5.74) is 0.386. The summed E-state index contributed by atoms with van der Waals surface area (Å²) < 4.78 is 0. The molecule has 1 aromatic carbocycles. The molecule has 2 N–H and O–H groups in total. The average Bonchev–Trinajstić information content (AvgIpc) is 2.62. The molecule has 2 fully saturated rings. The van der Waals surface area contributed by atoms with Crippen molar-refractivity contribution in [2.45, 2.75) is 37.1 Å². The molecule has 128 valence electrons. The third-order valence-electron chi connectivity index (χ3n) is 5.52. The zero-order chi connectivity index (χ0) is 17.2. The summed E-state index contributed by atoms with van der Waals surface area (Å²) in [7, 11) is 0. The van der Waals surface area contributed by atoms with Gasteiger partial charge < -0.3 is 15.1 Å².